The van der Waals surface area contributed by atoms with Gasteiger partial charge < -0.3 is 20.7 Å². The molecule has 1 aromatic heterocycles. The number of hydrogen-bond acceptors (Lipinski definition) is 5. The van der Waals surface area contributed by atoms with Gasteiger partial charge in [-0.3, -0.25) is 9.78 Å². The van der Waals surface area contributed by atoms with Crippen LogP contribution in [0.1, 0.15) is 13.3 Å². The van der Waals surface area contributed by atoms with Crippen molar-refractivity contribution in [1.29, 1.82) is 0 Å². The van der Waals surface area contributed by atoms with Crippen molar-refractivity contribution < 1.29 is 22.7 Å². The number of ether oxygens (including phenoxy) is 1. The number of fused-ring (bicyclic) bond motifs is 1. The van der Waals surface area contributed by atoms with Gasteiger partial charge in [-0.25, -0.2) is 0 Å². The van der Waals surface area contributed by atoms with Crippen molar-refractivity contribution >= 4 is 22.5 Å². The second kappa shape index (κ2) is 7.83. The number of nitrogens with one attached hydrogen (secondary N) is 1. The van der Waals surface area contributed by atoms with E-state index in [-0.39, 0.29) is 5.92 Å². The summed E-state index contributed by atoms with van der Waals surface area (Å²) in [6.07, 6.45) is -2.50. The van der Waals surface area contributed by atoms with E-state index in [1.165, 1.54) is 0 Å². The fourth-order valence-corrected chi connectivity index (χ4v) is 3.66. The van der Waals surface area contributed by atoms with Gasteiger partial charge in [-0.1, -0.05) is 6.92 Å². The van der Waals surface area contributed by atoms with E-state index >= 15 is 0 Å². The lowest BCUT2D eigenvalue weighted by molar-refractivity contribution is -0.163. The molecular weight excluding hydrogens is 373 g/mol. The molecule has 28 heavy (non-hydrogen) atoms. The molecule has 2 heterocycles. The summed E-state index contributed by atoms with van der Waals surface area (Å²) in [4.78, 5) is 18.3. The van der Waals surface area contributed by atoms with Crippen LogP contribution in [0.5, 0.6) is 5.75 Å². The highest BCUT2D eigenvalue weighted by molar-refractivity contribution is 5.95. The minimum atomic E-state index is -4.76. The molecule has 0 bridgehead atoms. The third kappa shape index (κ3) is 4.14. The average molecular weight is 396 g/mol. The molecule has 1 aliphatic heterocycles. The molecule has 1 aromatic carbocycles. The molecule has 2 aromatic rings. The molecule has 0 saturated carbocycles. The van der Waals surface area contributed by atoms with E-state index in [9.17, 15) is 18.0 Å². The number of carbonyl (C=O) groups excluding carboxylic acids is 1. The van der Waals surface area contributed by atoms with Gasteiger partial charge in [0.25, 0.3) is 0 Å². The zero-order chi connectivity index (χ0) is 20.5. The number of nitrogens with two attached hydrogens (primary N) is 1. The monoisotopic (exact) mass is 396 g/mol. The van der Waals surface area contributed by atoms with Crippen LogP contribution in [0.2, 0.25) is 0 Å². The average Bonchev–Trinajstić information content (AvgIpc) is 2.65. The Morgan fingerprint density at radius 2 is 2.11 bits per heavy atom. The highest BCUT2D eigenvalue weighted by atomic mass is 19.4. The smallest absolute Gasteiger partial charge is 0.412 e. The van der Waals surface area contributed by atoms with Gasteiger partial charge in [-0.2, -0.15) is 13.2 Å². The summed E-state index contributed by atoms with van der Waals surface area (Å²) in [5, 5.41) is 3.34. The van der Waals surface area contributed by atoms with E-state index in [0.29, 0.717) is 30.8 Å². The molecule has 0 spiro atoms. The third-order valence-electron chi connectivity index (χ3n) is 4.91. The van der Waals surface area contributed by atoms with Crippen LogP contribution in [0.15, 0.2) is 30.5 Å². The number of pyridine rings is 1. The second-order valence-corrected chi connectivity index (χ2v) is 7.16. The van der Waals surface area contributed by atoms with Crippen molar-refractivity contribution in [2.45, 2.75) is 31.6 Å². The van der Waals surface area contributed by atoms with E-state index in [1.54, 1.807) is 13.3 Å². The van der Waals surface area contributed by atoms with Crippen LogP contribution in [0.25, 0.3) is 10.9 Å². The number of nitrogens with zero attached hydrogens (tertiary/aromatic N) is 2. The largest absolute Gasteiger partial charge is 0.494 e. The topological polar surface area (TPSA) is 80.5 Å². The molecule has 0 aliphatic carbocycles. The number of rotatable bonds is 4. The highest BCUT2D eigenvalue weighted by Crippen LogP contribution is 2.34. The zero-order valence-corrected chi connectivity index (χ0v) is 15.7. The standard InChI is InChI=1S/C19H23F3N4O2/c1-11-8-12(25-18(27)17(23)19(20,21)22)10-26(9-11)14-5-6-15(28-2)16-13(14)4-3-7-24-16/h3-7,11-12,17H,8-10,23H2,1-2H3,(H,25,27)/t11-,12+,17?/m0/s1. The molecule has 1 amide bonds. The summed E-state index contributed by atoms with van der Waals surface area (Å²) in [7, 11) is 1.57. The van der Waals surface area contributed by atoms with Crippen LogP contribution in [0.4, 0.5) is 18.9 Å². The fourth-order valence-electron chi connectivity index (χ4n) is 3.66. The maximum atomic E-state index is 12.7. The minimum absolute atomic E-state index is 0.176. The van der Waals surface area contributed by atoms with Crippen molar-refractivity contribution in [3.05, 3.63) is 30.5 Å². The Hall–Kier alpha value is -2.55. The number of halogens is 3. The second-order valence-electron chi connectivity index (χ2n) is 7.16. The SMILES string of the molecule is COc1ccc(N2C[C@@H](C)C[C@@H](NC(=O)C(N)C(F)(F)F)C2)c2cccnc12. The number of methoxy groups -OCH3 is 1. The van der Waals surface area contributed by atoms with Gasteiger partial charge >= 0.3 is 6.18 Å². The molecule has 3 rings (SSSR count). The minimum Gasteiger partial charge on any atom is -0.494 e. The number of anilines is 1. The van der Waals surface area contributed by atoms with Crippen molar-refractivity contribution in [1.82, 2.24) is 10.3 Å². The van der Waals surface area contributed by atoms with E-state index in [2.05, 4.69) is 15.2 Å². The van der Waals surface area contributed by atoms with Crippen LogP contribution < -0.4 is 20.7 Å². The van der Waals surface area contributed by atoms with Gasteiger partial charge in [0.1, 0.15) is 11.3 Å². The first kappa shape index (κ1) is 20.2. The first-order chi connectivity index (χ1) is 13.2. The van der Waals surface area contributed by atoms with Crippen LogP contribution in [-0.4, -0.2) is 49.4 Å². The Balaban J connectivity index is 1.84. The molecule has 1 aliphatic rings. The number of amides is 1. The predicted molar refractivity (Wildman–Crippen MR) is 100 cm³/mol. The number of aromatic nitrogens is 1. The fraction of sp³-hybridized carbons (Fsp3) is 0.474. The van der Waals surface area contributed by atoms with E-state index in [1.807, 2.05) is 31.2 Å². The Morgan fingerprint density at radius 1 is 1.36 bits per heavy atom. The number of hydrogen-bond donors (Lipinski definition) is 2. The van der Waals surface area contributed by atoms with Crippen molar-refractivity contribution in [3.8, 4) is 5.75 Å². The number of carbonyl (C=O) groups is 1. The molecule has 3 atom stereocenters. The van der Waals surface area contributed by atoms with Gasteiger partial charge in [-0.15, -0.1) is 0 Å². The van der Waals surface area contributed by atoms with E-state index < -0.39 is 24.2 Å². The van der Waals surface area contributed by atoms with Gasteiger partial charge in [0.05, 0.1) is 7.11 Å². The zero-order valence-electron chi connectivity index (χ0n) is 15.7. The first-order valence-electron chi connectivity index (χ1n) is 9.00. The van der Waals surface area contributed by atoms with Crippen LogP contribution in [0.3, 0.4) is 0 Å². The lowest BCUT2D eigenvalue weighted by Gasteiger charge is -2.39. The first-order valence-corrected chi connectivity index (χ1v) is 9.00. The molecule has 1 unspecified atom stereocenters. The quantitative estimate of drug-likeness (QED) is 0.830. The molecule has 9 heteroatoms. The summed E-state index contributed by atoms with van der Waals surface area (Å²) in [5.74, 6) is -0.381. The van der Waals surface area contributed by atoms with Crippen LogP contribution >= 0.6 is 0 Å². The summed E-state index contributed by atoms with van der Waals surface area (Å²) in [6, 6.07) is 4.51. The lowest BCUT2D eigenvalue weighted by atomic mass is 9.94. The van der Waals surface area contributed by atoms with Crippen molar-refractivity contribution in [2.75, 3.05) is 25.1 Å². The van der Waals surface area contributed by atoms with Crippen molar-refractivity contribution in [2.24, 2.45) is 11.7 Å². The number of alkyl halides is 3. The predicted octanol–water partition coefficient (Wildman–Crippen LogP) is 2.46. The van der Waals surface area contributed by atoms with Gasteiger partial charge in [-0.05, 0) is 36.6 Å². The van der Waals surface area contributed by atoms with E-state index in [4.69, 9.17) is 10.5 Å². The molecule has 6 nitrogen and oxygen atoms in total. The van der Waals surface area contributed by atoms with Gasteiger partial charge in [0.2, 0.25) is 5.91 Å². The van der Waals surface area contributed by atoms with Gasteiger partial charge in [0, 0.05) is 36.4 Å². The normalized spacial score (nSPS) is 21.4. The van der Waals surface area contributed by atoms with E-state index in [0.717, 1.165) is 11.1 Å². The molecular formula is C19H23F3N4O2. The molecule has 152 valence electrons. The molecule has 1 saturated heterocycles. The Morgan fingerprint density at radius 3 is 2.79 bits per heavy atom. The molecule has 3 N–H and O–H groups in total. The Bertz CT molecular complexity index is 859. The number of benzene rings is 1. The summed E-state index contributed by atoms with van der Waals surface area (Å²) in [6.45, 7) is 3.10. The lowest BCUT2D eigenvalue weighted by Crippen LogP contribution is -2.57. The highest BCUT2D eigenvalue weighted by Gasteiger charge is 2.43. The van der Waals surface area contributed by atoms with Crippen LogP contribution in [0, 0.1) is 5.92 Å². The molecule has 1 fully saturated rings. The maximum absolute atomic E-state index is 12.7. The van der Waals surface area contributed by atoms with Crippen LogP contribution in [-0.2, 0) is 4.79 Å². The maximum Gasteiger partial charge on any atom is 0.412 e. The van der Waals surface area contributed by atoms with Crippen molar-refractivity contribution in [3.63, 3.8) is 0 Å². The molecule has 0 radical (unpaired) electrons. The summed E-state index contributed by atoms with van der Waals surface area (Å²) >= 11 is 0. The number of piperidine rings is 1. The summed E-state index contributed by atoms with van der Waals surface area (Å²) in [5.41, 5.74) is 6.63. The Kier molecular flexibility index (Phi) is 5.64. The Labute approximate surface area is 160 Å². The van der Waals surface area contributed by atoms with Gasteiger partial charge in [0.15, 0.2) is 6.04 Å². The third-order valence-corrected chi connectivity index (χ3v) is 4.91. The summed E-state index contributed by atoms with van der Waals surface area (Å²) < 4.78 is 43.5.